The van der Waals surface area contributed by atoms with Crippen molar-refractivity contribution in [3.8, 4) is 22.9 Å². The van der Waals surface area contributed by atoms with Crippen LogP contribution in [0.3, 0.4) is 0 Å². The highest BCUT2D eigenvalue weighted by Gasteiger charge is 2.61. The second-order valence-corrected chi connectivity index (χ2v) is 16.9. The number of carboxylic acids is 1. The number of benzene rings is 1. The summed E-state index contributed by atoms with van der Waals surface area (Å²) in [5.74, 6) is -2.25. The number of nitrogens with zero attached hydrogens (tertiary/aromatic N) is 3. The number of aromatic nitrogens is 2. The van der Waals surface area contributed by atoms with Gasteiger partial charge in [0.2, 0.25) is 17.7 Å². The van der Waals surface area contributed by atoms with Crippen molar-refractivity contribution in [2.75, 3.05) is 11.9 Å². The Morgan fingerprint density at radius 3 is 2.40 bits per heavy atom. The number of likely N-dealkylation sites (tertiary alicyclic amines) is 1. The minimum absolute atomic E-state index is 0.00576. The summed E-state index contributed by atoms with van der Waals surface area (Å²) in [5, 5.41) is 20.9. The van der Waals surface area contributed by atoms with Crippen LogP contribution in [0.2, 0.25) is 0 Å². The number of nitrogens with one attached hydrogen (secondary N) is 3. The summed E-state index contributed by atoms with van der Waals surface area (Å²) in [6.07, 6.45) is 3.21. The third kappa shape index (κ3) is 9.06. The molecule has 304 valence electrons. The summed E-state index contributed by atoms with van der Waals surface area (Å²) in [5.41, 5.74) is 0.512. The molecule has 2 aliphatic carbocycles. The Hall–Kier alpha value is -5.51. The van der Waals surface area contributed by atoms with E-state index in [1.165, 1.54) is 29.2 Å². The molecular formula is C41H50N6O9S. The zero-order chi connectivity index (χ0) is 41.4. The van der Waals surface area contributed by atoms with Gasteiger partial charge in [-0.1, -0.05) is 12.7 Å². The van der Waals surface area contributed by atoms with Crippen LogP contribution in [0.1, 0.15) is 78.7 Å². The molecule has 0 spiro atoms. The Morgan fingerprint density at radius 2 is 1.79 bits per heavy atom. The number of hydrogen-bond donors (Lipinski definition) is 4. The predicted octanol–water partition coefficient (Wildman–Crippen LogP) is 5.91. The molecule has 57 heavy (non-hydrogen) atoms. The topological polar surface area (TPSA) is 198 Å². The Kier molecular flexibility index (Phi) is 11.7. The maximum atomic E-state index is 14.4. The summed E-state index contributed by atoms with van der Waals surface area (Å²) in [6, 6.07) is 2.98. The van der Waals surface area contributed by atoms with Crippen LogP contribution in [-0.2, 0) is 23.9 Å². The number of ether oxygens (including phenoxy) is 3. The third-order valence-corrected chi connectivity index (χ3v) is 11.1. The molecule has 16 heteroatoms. The third-order valence-electron chi connectivity index (χ3n) is 10.4. The molecule has 3 aromatic rings. The minimum Gasteiger partial charge on any atom is -0.488 e. The fraction of sp³-hybridized carbons (Fsp3) is 0.488. The van der Waals surface area contributed by atoms with Crippen molar-refractivity contribution in [1.82, 2.24) is 25.5 Å². The van der Waals surface area contributed by atoms with Crippen LogP contribution in [0.4, 0.5) is 9.93 Å². The average molecular weight is 803 g/mol. The average Bonchev–Trinajstić information content (AvgIpc) is 3.54. The summed E-state index contributed by atoms with van der Waals surface area (Å²) in [4.78, 5) is 76.4. The van der Waals surface area contributed by atoms with E-state index < -0.39 is 59.1 Å². The van der Waals surface area contributed by atoms with Crippen molar-refractivity contribution in [2.45, 2.75) is 115 Å². The fourth-order valence-electron chi connectivity index (χ4n) is 7.39. The van der Waals surface area contributed by atoms with Crippen molar-refractivity contribution in [2.24, 2.45) is 5.92 Å². The maximum Gasteiger partial charge on any atom is 0.408 e. The van der Waals surface area contributed by atoms with Crippen LogP contribution in [0.25, 0.3) is 22.3 Å². The molecule has 15 nitrogen and oxygen atoms in total. The smallest absolute Gasteiger partial charge is 0.408 e. The van der Waals surface area contributed by atoms with E-state index in [1.54, 1.807) is 18.4 Å². The number of amides is 4. The van der Waals surface area contributed by atoms with E-state index in [2.05, 4.69) is 34.1 Å². The van der Waals surface area contributed by atoms with Crippen LogP contribution in [0.5, 0.6) is 11.5 Å². The number of aliphatic carboxylic acids is 1. The number of aryl methyl sites for hydroxylation is 1. The van der Waals surface area contributed by atoms with Gasteiger partial charge in [-0.15, -0.1) is 17.9 Å². The molecule has 1 aromatic carbocycles. The minimum atomic E-state index is -1.55. The van der Waals surface area contributed by atoms with Gasteiger partial charge in [-0.25, -0.2) is 19.6 Å². The van der Waals surface area contributed by atoms with E-state index in [1.807, 2.05) is 39.8 Å². The monoisotopic (exact) mass is 802 g/mol. The van der Waals surface area contributed by atoms with E-state index in [-0.39, 0.29) is 31.4 Å². The molecule has 4 N–H and O–H groups in total. The Balaban J connectivity index is 1.35. The van der Waals surface area contributed by atoms with Crippen LogP contribution in [0.15, 0.2) is 48.4 Å². The number of hydrogen-bond acceptors (Lipinski definition) is 11. The number of carbonyl (C=O) groups is 5. The number of pyridine rings is 1. The van der Waals surface area contributed by atoms with Crippen molar-refractivity contribution in [1.29, 1.82) is 0 Å². The van der Waals surface area contributed by atoms with Crippen LogP contribution < -0.4 is 25.4 Å². The predicted molar refractivity (Wildman–Crippen MR) is 214 cm³/mol. The van der Waals surface area contributed by atoms with E-state index in [0.29, 0.717) is 44.5 Å². The van der Waals surface area contributed by atoms with Gasteiger partial charge in [0.25, 0.3) is 0 Å². The number of thiazole rings is 1. The first-order valence-electron chi connectivity index (χ1n) is 19.0. The maximum absolute atomic E-state index is 14.4. The molecule has 4 amide bonds. The molecule has 3 heterocycles. The molecule has 2 aromatic heterocycles. The zero-order valence-electron chi connectivity index (χ0n) is 33.1. The molecule has 5 atom stereocenters. The molecule has 0 radical (unpaired) electrons. The highest BCUT2D eigenvalue weighted by atomic mass is 32.1. The number of fused-ring (bicyclic) bond motifs is 1. The molecule has 1 saturated heterocycles. The molecule has 3 aliphatic rings. The Bertz CT molecular complexity index is 2120. The summed E-state index contributed by atoms with van der Waals surface area (Å²) in [7, 11) is 0. The Morgan fingerprint density at radius 1 is 1.07 bits per heavy atom. The standard InChI is InChI=1S/C41H50N6O9S/c1-9-24-18-41(24,37(51)52)46-35(49)30-16-26(19-47(30)36(50)33(21(2)3)45-39(53)55-25-12-10-11-13-25)54-32-17-28(29-20-57-38(44-29)42-23(5)48)43-34-22(4)31(15-14-27(32)34)56-40(6,7)8/h9,14-15,17,20,24-26,30,33H,1-2,10-13,16,18-19H2,3-8H3,(H,45,53)(H,46,49)(H,51,52)(H,42,44,48)/t24-,26-,30+,33+,41-/m1/s1. The normalized spacial score (nSPS) is 22.4. The lowest BCUT2D eigenvalue weighted by molar-refractivity contribution is -0.145. The molecule has 0 bridgehead atoms. The molecule has 6 rings (SSSR count). The van der Waals surface area contributed by atoms with Crippen molar-refractivity contribution >= 4 is 57.2 Å². The van der Waals surface area contributed by atoms with Gasteiger partial charge in [0.15, 0.2) is 5.13 Å². The van der Waals surface area contributed by atoms with E-state index in [4.69, 9.17) is 19.2 Å². The molecule has 3 fully saturated rings. The van der Waals surface area contributed by atoms with Gasteiger partial charge in [0.05, 0.1) is 17.8 Å². The number of anilines is 1. The first kappa shape index (κ1) is 41.1. The second kappa shape index (κ2) is 16.2. The Labute approximate surface area is 335 Å². The van der Waals surface area contributed by atoms with Gasteiger partial charge in [-0.3, -0.25) is 14.4 Å². The molecule has 0 unspecified atom stereocenters. The summed E-state index contributed by atoms with van der Waals surface area (Å²) >= 11 is 1.24. The van der Waals surface area contributed by atoms with Gasteiger partial charge < -0.3 is 40.2 Å². The highest BCUT2D eigenvalue weighted by Crippen LogP contribution is 2.45. The van der Waals surface area contributed by atoms with Crippen molar-refractivity contribution < 1.29 is 43.3 Å². The summed E-state index contributed by atoms with van der Waals surface area (Å²) in [6.45, 7) is 18.3. The van der Waals surface area contributed by atoms with Gasteiger partial charge in [-0.2, -0.15) is 0 Å². The van der Waals surface area contributed by atoms with E-state index >= 15 is 0 Å². The molecular weight excluding hydrogens is 753 g/mol. The molecule has 2 saturated carbocycles. The quantitative estimate of drug-likeness (QED) is 0.150. The van der Waals surface area contributed by atoms with Gasteiger partial charge in [0, 0.05) is 41.7 Å². The number of alkyl carbamates (subject to hydrolysis) is 1. The van der Waals surface area contributed by atoms with Gasteiger partial charge in [0.1, 0.15) is 52.6 Å². The first-order valence-corrected chi connectivity index (χ1v) is 19.9. The fourth-order valence-corrected chi connectivity index (χ4v) is 8.14. The van der Waals surface area contributed by atoms with Crippen molar-refractivity contribution in [3.63, 3.8) is 0 Å². The van der Waals surface area contributed by atoms with Gasteiger partial charge in [-0.05, 0) is 84.4 Å². The van der Waals surface area contributed by atoms with Crippen LogP contribution >= 0.6 is 11.3 Å². The SMILES string of the molecule is C=C[C@@H]1C[C@]1(NC(=O)[C@@H]1C[C@@H](Oc2cc(-c3csc(NC(C)=O)n3)nc3c(C)c(OC(C)(C)C)ccc23)CN1C(=O)[C@@H](NC(=O)OC1CCCC1)C(=C)C)C(=O)O. The van der Waals surface area contributed by atoms with Crippen LogP contribution in [0, 0.1) is 12.8 Å². The number of carbonyl (C=O) groups excluding carboxylic acids is 4. The highest BCUT2D eigenvalue weighted by molar-refractivity contribution is 7.14. The van der Waals surface area contributed by atoms with E-state index in [0.717, 1.165) is 31.2 Å². The van der Waals surface area contributed by atoms with Crippen molar-refractivity contribution in [3.05, 3.63) is 53.9 Å². The first-order chi connectivity index (χ1) is 26.9. The second-order valence-electron chi connectivity index (χ2n) is 16.1. The lowest BCUT2D eigenvalue weighted by atomic mass is 10.1. The largest absolute Gasteiger partial charge is 0.488 e. The van der Waals surface area contributed by atoms with E-state index in [9.17, 15) is 29.1 Å². The zero-order valence-corrected chi connectivity index (χ0v) is 33.9. The number of carboxylic acid groups (broad SMARTS) is 1. The lowest BCUT2D eigenvalue weighted by Crippen LogP contribution is -2.56. The number of rotatable bonds is 13. The van der Waals surface area contributed by atoms with Crippen LogP contribution in [-0.4, -0.2) is 91.7 Å². The summed E-state index contributed by atoms with van der Waals surface area (Å²) < 4.78 is 18.5. The van der Waals surface area contributed by atoms with Gasteiger partial charge >= 0.3 is 12.1 Å². The molecule has 1 aliphatic heterocycles. The lowest BCUT2D eigenvalue weighted by Gasteiger charge is -2.29.